The molecule has 0 aliphatic carbocycles. The van der Waals surface area contributed by atoms with Crippen molar-refractivity contribution >= 4 is 34.2 Å². The van der Waals surface area contributed by atoms with E-state index in [1.165, 1.54) is 13.2 Å². The molecule has 0 saturated carbocycles. The van der Waals surface area contributed by atoms with Gasteiger partial charge >= 0.3 is 5.97 Å². The van der Waals surface area contributed by atoms with Crippen molar-refractivity contribution in [3.05, 3.63) is 51.1 Å². The van der Waals surface area contributed by atoms with E-state index in [1.54, 1.807) is 26.0 Å². The number of carbonyl (C=O) groups is 3. The maximum Gasteiger partial charge on any atom is 0.306 e. The van der Waals surface area contributed by atoms with Crippen molar-refractivity contribution in [2.75, 3.05) is 7.11 Å². The highest BCUT2D eigenvalue weighted by molar-refractivity contribution is 6.26. The lowest BCUT2D eigenvalue weighted by Gasteiger charge is -2.27. The molecule has 0 saturated heterocycles. The van der Waals surface area contributed by atoms with Crippen molar-refractivity contribution in [3.8, 4) is 0 Å². The fraction of sp³-hybridized carbons (Fsp3) is 0.278. The van der Waals surface area contributed by atoms with Gasteiger partial charge in [0.05, 0.1) is 24.0 Å². The molecule has 0 radical (unpaired) electrons. The third-order valence-corrected chi connectivity index (χ3v) is 4.57. The van der Waals surface area contributed by atoms with Crippen LogP contribution in [-0.2, 0) is 14.9 Å². The summed E-state index contributed by atoms with van der Waals surface area (Å²) in [7, 11) is 1.28. The zero-order chi connectivity index (χ0) is 19.2. The molecule has 1 aliphatic heterocycles. The summed E-state index contributed by atoms with van der Waals surface area (Å²) < 4.78 is 4.73. The van der Waals surface area contributed by atoms with E-state index in [-0.39, 0.29) is 23.2 Å². The van der Waals surface area contributed by atoms with Gasteiger partial charge in [-0.05, 0) is 17.0 Å². The highest BCUT2D eigenvalue weighted by Gasteiger charge is 2.33. The minimum Gasteiger partial charge on any atom is -0.469 e. The summed E-state index contributed by atoms with van der Waals surface area (Å²) in [5.74, 6) is -1.67. The van der Waals surface area contributed by atoms with Gasteiger partial charge in [-0.1, -0.05) is 19.9 Å². The number of esters is 1. The Bertz CT molecular complexity index is 993. The first-order valence-corrected chi connectivity index (χ1v) is 7.84. The number of nitrogens with zero attached hydrogens (tertiary/aromatic N) is 1. The van der Waals surface area contributed by atoms with Crippen LogP contribution >= 0.6 is 0 Å². The van der Waals surface area contributed by atoms with Gasteiger partial charge in [0, 0.05) is 28.5 Å². The van der Waals surface area contributed by atoms with Gasteiger partial charge in [0.25, 0.3) is 17.5 Å². The first-order chi connectivity index (χ1) is 12.2. The Balaban J connectivity index is 2.37. The summed E-state index contributed by atoms with van der Waals surface area (Å²) in [4.78, 5) is 46.8. The average molecular weight is 356 g/mol. The number of rotatable bonds is 4. The second kappa shape index (κ2) is 5.91. The minimum absolute atomic E-state index is 0.0378. The first kappa shape index (κ1) is 17.5. The number of carbonyl (C=O) groups excluding carboxylic acids is 3. The molecule has 1 N–H and O–H groups in total. The fourth-order valence-corrected chi connectivity index (χ4v) is 3.30. The van der Waals surface area contributed by atoms with Crippen LogP contribution < -0.4 is 5.32 Å². The van der Waals surface area contributed by atoms with E-state index >= 15 is 0 Å². The number of non-ortho nitro benzene ring substituents is 1. The van der Waals surface area contributed by atoms with Crippen molar-refractivity contribution < 1.29 is 24.0 Å². The number of benzene rings is 2. The number of methoxy groups -OCH3 is 1. The molecule has 134 valence electrons. The molecule has 2 amide bonds. The second-order valence-corrected chi connectivity index (χ2v) is 6.75. The highest BCUT2D eigenvalue weighted by Crippen LogP contribution is 2.39. The first-order valence-electron chi connectivity index (χ1n) is 7.84. The summed E-state index contributed by atoms with van der Waals surface area (Å²) in [6.07, 6.45) is 0.0378. The topological polar surface area (TPSA) is 116 Å². The number of ether oxygens (including phenoxy) is 1. The molecule has 8 heteroatoms. The lowest BCUT2D eigenvalue weighted by atomic mass is 9.77. The molecular formula is C18H16N2O6. The van der Waals surface area contributed by atoms with Crippen LogP contribution in [0.3, 0.4) is 0 Å². The van der Waals surface area contributed by atoms with Gasteiger partial charge in [-0.3, -0.25) is 29.8 Å². The summed E-state index contributed by atoms with van der Waals surface area (Å²) in [5.41, 5.74) is -0.0327. The van der Waals surface area contributed by atoms with Gasteiger partial charge in [0.1, 0.15) is 0 Å². The normalized spacial score (nSPS) is 13.5. The van der Waals surface area contributed by atoms with E-state index in [4.69, 9.17) is 4.74 Å². The molecule has 0 atom stereocenters. The Hall–Kier alpha value is -3.29. The minimum atomic E-state index is -0.727. The van der Waals surface area contributed by atoms with E-state index in [0.29, 0.717) is 16.3 Å². The summed E-state index contributed by atoms with van der Waals surface area (Å²) in [6, 6.07) is 5.71. The van der Waals surface area contributed by atoms with E-state index in [2.05, 4.69) is 5.32 Å². The molecule has 0 bridgehead atoms. The van der Waals surface area contributed by atoms with Crippen molar-refractivity contribution in [2.24, 2.45) is 0 Å². The number of amides is 2. The summed E-state index contributed by atoms with van der Waals surface area (Å²) in [6.45, 7) is 3.59. The fourth-order valence-electron chi connectivity index (χ4n) is 3.30. The van der Waals surface area contributed by atoms with Crippen molar-refractivity contribution in [2.45, 2.75) is 25.7 Å². The molecule has 2 aromatic rings. The number of nitro groups is 1. The number of hydrogen-bond donors (Lipinski definition) is 1. The second-order valence-electron chi connectivity index (χ2n) is 6.75. The predicted octanol–water partition coefficient (Wildman–Crippen LogP) is 2.47. The van der Waals surface area contributed by atoms with Crippen LogP contribution in [-0.4, -0.2) is 29.8 Å². The highest BCUT2D eigenvalue weighted by atomic mass is 16.6. The van der Waals surface area contributed by atoms with Gasteiger partial charge in [0.15, 0.2) is 0 Å². The third kappa shape index (κ3) is 2.69. The quantitative estimate of drug-likeness (QED) is 0.389. The molecule has 2 aromatic carbocycles. The van der Waals surface area contributed by atoms with E-state index in [9.17, 15) is 24.5 Å². The maximum atomic E-state index is 12.2. The van der Waals surface area contributed by atoms with Gasteiger partial charge in [-0.2, -0.15) is 0 Å². The third-order valence-electron chi connectivity index (χ3n) is 4.57. The molecule has 3 rings (SSSR count). The van der Waals surface area contributed by atoms with Gasteiger partial charge in [0.2, 0.25) is 0 Å². The number of nitrogens with one attached hydrogen (secondary N) is 1. The lowest BCUT2D eigenvalue weighted by molar-refractivity contribution is -0.384. The van der Waals surface area contributed by atoms with Crippen LogP contribution in [0.5, 0.6) is 0 Å². The number of imide groups is 1. The zero-order valence-electron chi connectivity index (χ0n) is 14.4. The van der Waals surface area contributed by atoms with Crippen LogP contribution in [0.15, 0.2) is 24.3 Å². The van der Waals surface area contributed by atoms with Crippen molar-refractivity contribution in [1.29, 1.82) is 0 Å². The SMILES string of the molecule is COC(=O)CC(C)(C)c1ccc2c3c(cc([N+](=O)[O-])cc13)C(=O)NC2=O. The van der Waals surface area contributed by atoms with Crippen LogP contribution in [0.25, 0.3) is 10.8 Å². The number of nitro benzene ring substituents is 1. The molecule has 1 aliphatic rings. The van der Waals surface area contributed by atoms with Crippen LogP contribution in [0, 0.1) is 10.1 Å². The van der Waals surface area contributed by atoms with Crippen molar-refractivity contribution in [3.63, 3.8) is 0 Å². The molecule has 0 unspecified atom stereocenters. The molecule has 0 aromatic heterocycles. The monoisotopic (exact) mass is 356 g/mol. The zero-order valence-corrected chi connectivity index (χ0v) is 14.4. The largest absolute Gasteiger partial charge is 0.469 e. The average Bonchev–Trinajstić information content (AvgIpc) is 2.57. The van der Waals surface area contributed by atoms with Crippen LogP contribution in [0.4, 0.5) is 5.69 Å². The molecule has 1 heterocycles. The Labute approximate surface area is 148 Å². The van der Waals surface area contributed by atoms with Crippen LogP contribution in [0.1, 0.15) is 46.5 Å². The van der Waals surface area contributed by atoms with Gasteiger partial charge in [-0.25, -0.2) is 0 Å². The summed E-state index contributed by atoms with van der Waals surface area (Å²) >= 11 is 0. The molecule has 8 nitrogen and oxygen atoms in total. The van der Waals surface area contributed by atoms with Crippen LogP contribution in [0.2, 0.25) is 0 Å². The van der Waals surface area contributed by atoms with E-state index < -0.39 is 28.1 Å². The van der Waals surface area contributed by atoms with E-state index in [1.807, 2.05) is 0 Å². The molecule has 0 spiro atoms. The smallest absolute Gasteiger partial charge is 0.306 e. The Kier molecular flexibility index (Phi) is 3.98. The molecule has 26 heavy (non-hydrogen) atoms. The number of hydrogen-bond acceptors (Lipinski definition) is 6. The maximum absolute atomic E-state index is 12.2. The standard InChI is InChI=1S/C18H16N2O6/c1-18(2,8-14(21)26-3)13-5-4-10-15-11(13)6-9(20(24)25)7-12(15)17(23)19-16(10)22/h4-7H,8H2,1-3H3,(H,19,22,23). The van der Waals surface area contributed by atoms with Gasteiger partial charge < -0.3 is 4.74 Å². The Morgan fingerprint density at radius 1 is 1.19 bits per heavy atom. The summed E-state index contributed by atoms with van der Waals surface area (Å²) in [5, 5.41) is 14.3. The van der Waals surface area contributed by atoms with E-state index in [0.717, 1.165) is 6.07 Å². The molecule has 0 fully saturated rings. The Morgan fingerprint density at radius 3 is 2.46 bits per heavy atom. The predicted molar refractivity (Wildman–Crippen MR) is 92.1 cm³/mol. The molecular weight excluding hydrogens is 340 g/mol. The van der Waals surface area contributed by atoms with Crippen molar-refractivity contribution in [1.82, 2.24) is 5.32 Å². The lowest BCUT2D eigenvalue weighted by Crippen LogP contribution is -2.35. The Morgan fingerprint density at radius 2 is 1.85 bits per heavy atom. The van der Waals surface area contributed by atoms with Gasteiger partial charge in [-0.15, -0.1) is 0 Å².